The minimum absolute atomic E-state index is 0.0194. The molecule has 7 nitrogen and oxygen atoms in total. The quantitative estimate of drug-likeness (QED) is 0.654. The van der Waals surface area contributed by atoms with Gasteiger partial charge in [0, 0.05) is 51.4 Å². The Kier molecular flexibility index (Phi) is 6.49. The van der Waals surface area contributed by atoms with E-state index in [1.54, 1.807) is 12.4 Å². The maximum absolute atomic E-state index is 12.2. The molecule has 1 aliphatic heterocycles. The highest BCUT2D eigenvalue weighted by Crippen LogP contribution is 2.13. The zero-order chi connectivity index (χ0) is 20.8. The Morgan fingerprint density at radius 2 is 2.00 bits per heavy atom. The fourth-order valence-electron chi connectivity index (χ4n) is 3.85. The van der Waals surface area contributed by atoms with Crippen molar-refractivity contribution in [2.45, 2.75) is 45.8 Å². The first-order valence-corrected chi connectivity index (χ1v) is 10.5. The number of amides is 1. The maximum Gasteiger partial charge on any atom is 0.220 e. The smallest absolute Gasteiger partial charge is 0.220 e. The Bertz CT molecular complexity index is 984. The Labute approximate surface area is 177 Å². The summed E-state index contributed by atoms with van der Waals surface area (Å²) in [6, 6.07) is 12.6. The molecule has 3 heterocycles. The molecule has 0 fully saturated rings. The third kappa shape index (κ3) is 5.30. The van der Waals surface area contributed by atoms with Crippen molar-refractivity contribution in [1.82, 2.24) is 30.0 Å². The largest absolute Gasteiger partial charge is 0.349 e. The number of rotatable bonds is 7. The molecular weight excluding hydrogens is 376 g/mol. The number of nitrogens with one attached hydrogen (secondary N) is 1. The van der Waals surface area contributed by atoms with Gasteiger partial charge in [0.2, 0.25) is 5.91 Å². The van der Waals surface area contributed by atoms with Gasteiger partial charge in [-0.25, -0.2) is 0 Å². The molecule has 156 valence electrons. The lowest BCUT2D eigenvalue weighted by molar-refractivity contribution is -0.121. The number of fused-ring (bicyclic) bond motifs is 1. The molecular formula is C23H28N6O. The fraction of sp³-hybridized carbons (Fsp3) is 0.391. The van der Waals surface area contributed by atoms with Crippen molar-refractivity contribution in [3.05, 3.63) is 77.1 Å². The molecule has 3 aromatic rings. The second-order valence-corrected chi connectivity index (χ2v) is 7.84. The first-order valence-electron chi connectivity index (χ1n) is 10.5. The molecule has 0 saturated carbocycles. The van der Waals surface area contributed by atoms with E-state index in [1.807, 2.05) is 12.1 Å². The number of nitrogens with zero attached hydrogens (tertiary/aromatic N) is 5. The molecule has 30 heavy (non-hydrogen) atoms. The van der Waals surface area contributed by atoms with Gasteiger partial charge in [0.25, 0.3) is 0 Å². The van der Waals surface area contributed by atoms with Crippen LogP contribution in [0.15, 0.2) is 48.8 Å². The molecule has 0 saturated heterocycles. The highest BCUT2D eigenvalue weighted by Gasteiger charge is 2.19. The van der Waals surface area contributed by atoms with Gasteiger partial charge in [-0.1, -0.05) is 35.9 Å². The van der Waals surface area contributed by atoms with Crippen molar-refractivity contribution >= 4 is 5.91 Å². The summed E-state index contributed by atoms with van der Waals surface area (Å²) >= 11 is 0. The number of hydrogen-bond acceptors (Lipinski definition) is 5. The van der Waals surface area contributed by atoms with E-state index in [1.165, 1.54) is 11.1 Å². The summed E-state index contributed by atoms with van der Waals surface area (Å²) in [5.74, 6) is 1.85. The van der Waals surface area contributed by atoms with Crippen molar-refractivity contribution in [3.8, 4) is 0 Å². The minimum atomic E-state index is 0.0194. The van der Waals surface area contributed by atoms with Crippen molar-refractivity contribution in [2.24, 2.45) is 0 Å². The first-order chi connectivity index (χ1) is 14.7. The van der Waals surface area contributed by atoms with Gasteiger partial charge in [-0.05, 0) is 30.5 Å². The second kappa shape index (κ2) is 9.63. The summed E-state index contributed by atoms with van der Waals surface area (Å²) < 4.78 is 2.16. The van der Waals surface area contributed by atoms with E-state index in [0.717, 1.165) is 49.8 Å². The van der Waals surface area contributed by atoms with Crippen molar-refractivity contribution < 1.29 is 4.79 Å². The van der Waals surface area contributed by atoms with Gasteiger partial charge in [0.15, 0.2) is 5.82 Å². The van der Waals surface area contributed by atoms with Crippen LogP contribution < -0.4 is 5.32 Å². The van der Waals surface area contributed by atoms with Crippen LogP contribution in [0.4, 0.5) is 0 Å². The normalized spacial score (nSPS) is 14.2. The number of carbonyl (C=O) groups excluding carboxylic acids is 1. The summed E-state index contributed by atoms with van der Waals surface area (Å²) in [6.07, 6.45) is 5.53. The average molecular weight is 405 g/mol. The molecule has 0 aliphatic carbocycles. The van der Waals surface area contributed by atoms with E-state index >= 15 is 0 Å². The van der Waals surface area contributed by atoms with Crippen LogP contribution in [-0.2, 0) is 37.3 Å². The van der Waals surface area contributed by atoms with Gasteiger partial charge in [-0.2, -0.15) is 0 Å². The number of aryl methyl sites for hydroxylation is 2. The Hall–Kier alpha value is -3.06. The molecule has 0 unspecified atom stereocenters. The SMILES string of the molecule is Cc1cccc(CN2CCc3nnc(CNC(=O)CCc4cccnc4)n3CC2)c1. The number of hydrogen-bond donors (Lipinski definition) is 1. The average Bonchev–Trinajstić information content (AvgIpc) is 3.04. The van der Waals surface area contributed by atoms with Gasteiger partial charge >= 0.3 is 0 Å². The van der Waals surface area contributed by atoms with Gasteiger partial charge < -0.3 is 9.88 Å². The summed E-state index contributed by atoms with van der Waals surface area (Å²) in [7, 11) is 0. The number of aromatic nitrogens is 4. The predicted molar refractivity (Wildman–Crippen MR) is 115 cm³/mol. The third-order valence-electron chi connectivity index (χ3n) is 5.49. The van der Waals surface area contributed by atoms with Crippen molar-refractivity contribution in [3.63, 3.8) is 0 Å². The molecule has 1 amide bonds. The van der Waals surface area contributed by atoms with Crippen molar-refractivity contribution in [2.75, 3.05) is 13.1 Å². The molecule has 0 atom stereocenters. The Morgan fingerprint density at radius 1 is 1.10 bits per heavy atom. The summed E-state index contributed by atoms with van der Waals surface area (Å²) in [4.78, 5) is 18.8. The molecule has 1 aromatic carbocycles. The molecule has 1 aliphatic rings. The lowest BCUT2D eigenvalue weighted by atomic mass is 10.1. The number of pyridine rings is 1. The maximum atomic E-state index is 12.2. The molecule has 0 radical (unpaired) electrons. The van der Waals surface area contributed by atoms with Crippen LogP contribution in [0.2, 0.25) is 0 Å². The third-order valence-corrected chi connectivity index (χ3v) is 5.49. The highest BCUT2D eigenvalue weighted by atomic mass is 16.1. The molecule has 0 spiro atoms. The Balaban J connectivity index is 1.29. The summed E-state index contributed by atoms with van der Waals surface area (Å²) in [5.41, 5.74) is 3.70. The van der Waals surface area contributed by atoms with Gasteiger partial charge in [0.05, 0.1) is 6.54 Å². The topological polar surface area (TPSA) is 75.9 Å². The molecule has 2 aromatic heterocycles. The van der Waals surface area contributed by atoms with Gasteiger partial charge in [-0.15, -0.1) is 10.2 Å². The van der Waals surface area contributed by atoms with Gasteiger partial charge in [0.1, 0.15) is 5.82 Å². The summed E-state index contributed by atoms with van der Waals surface area (Å²) in [6.45, 7) is 6.24. The monoisotopic (exact) mass is 404 g/mol. The highest BCUT2D eigenvalue weighted by molar-refractivity contribution is 5.76. The number of benzene rings is 1. The van der Waals surface area contributed by atoms with Crippen LogP contribution in [0.5, 0.6) is 0 Å². The van der Waals surface area contributed by atoms with Crippen molar-refractivity contribution in [1.29, 1.82) is 0 Å². The van der Waals surface area contributed by atoms with Crippen LogP contribution in [0.25, 0.3) is 0 Å². The lowest BCUT2D eigenvalue weighted by Gasteiger charge is -2.20. The zero-order valence-electron chi connectivity index (χ0n) is 17.4. The Morgan fingerprint density at radius 3 is 2.83 bits per heavy atom. The van der Waals surface area contributed by atoms with E-state index < -0.39 is 0 Å². The second-order valence-electron chi connectivity index (χ2n) is 7.84. The zero-order valence-corrected chi connectivity index (χ0v) is 17.4. The van der Waals surface area contributed by atoms with Crippen LogP contribution in [0, 0.1) is 6.92 Å². The lowest BCUT2D eigenvalue weighted by Crippen LogP contribution is -2.28. The fourth-order valence-corrected chi connectivity index (χ4v) is 3.85. The first kappa shape index (κ1) is 20.2. The van der Waals surface area contributed by atoms with Gasteiger partial charge in [-0.3, -0.25) is 14.7 Å². The molecule has 7 heteroatoms. The van der Waals surface area contributed by atoms with E-state index in [-0.39, 0.29) is 5.91 Å². The number of carbonyl (C=O) groups is 1. The van der Waals surface area contributed by atoms with E-state index in [4.69, 9.17) is 0 Å². The summed E-state index contributed by atoms with van der Waals surface area (Å²) in [5, 5.41) is 11.7. The minimum Gasteiger partial charge on any atom is -0.349 e. The molecule has 0 bridgehead atoms. The standard InChI is InChI=1S/C23H28N6O/c1-18-4-2-5-20(14-18)17-28-11-9-21-26-27-22(29(21)13-12-28)16-25-23(30)8-7-19-6-3-10-24-15-19/h2-6,10,14-15H,7-9,11-13,16-17H2,1H3,(H,25,30). The molecule has 4 rings (SSSR count). The molecule has 1 N–H and O–H groups in total. The van der Waals surface area contributed by atoms with Crippen LogP contribution in [0.1, 0.15) is 34.8 Å². The van der Waals surface area contributed by atoms with Crippen LogP contribution >= 0.6 is 0 Å². The van der Waals surface area contributed by atoms with E-state index in [9.17, 15) is 4.79 Å². The van der Waals surface area contributed by atoms with Crippen LogP contribution in [0.3, 0.4) is 0 Å². The van der Waals surface area contributed by atoms with Crippen LogP contribution in [-0.4, -0.2) is 43.6 Å². The van der Waals surface area contributed by atoms with E-state index in [2.05, 4.69) is 61.2 Å². The van der Waals surface area contributed by atoms with E-state index in [0.29, 0.717) is 19.4 Å². The predicted octanol–water partition coefficient (Wildman–Crippen LogP) is 2.29.